The molecule has 0 saturated heterocycles. The lowest BCUT2D eigenvalue weighted by Gasteiger charge is -1.99. The highest BCUT2D eigenvalue weighted by molar-refractivity contribution is 9.10. The van der Waals surface area contributed by atoms with Gasteiger partial charge in [0.1, 0.15) is 0 Å². The lowest BCUT2D eigenvalue weighted by atomic mass is 10.3. The summed E-state index contributed by atoms with van der Waals surface area (Å²) < 4.78 is 2.82. The van der Waals surface area contributed by atoms with Gasteiger partial charge in [0.05, 0.1) is 16.4 Å². The van der Waals surface area contributed by atoms with E-state index in [4.69, 9.17) is 11.6 Å². The predicted octanol–water partition coefficient (Wildman–Crippen LogP) is 3.60. The molecule has 1 aromatic carbocycles. The quantitative estimate of drug-likeness (QED) is 0.775. The van der Waals surface area contributed by atoms with Gasteiger partial charge in [-0.05, 0) is 31.2 Å². The van der Waals surface area contributed by atoms with E-state index in [2.05, 4.69) is 21.0 Å². The Kier molecular flexibility index (Phi) is 2.61. The van der Waals surface area contributed by atoms with Crippen molar-refractivity contribution in [2.24, 2.45) is 0 Å². The lowest BCUT2D eigenvalue weighted by molar-refractivity contribution is 0.862. The van der Waals surface area contributed by atoms with Crippen molar-refractivity contribution in [2.75, 3.05) is 0 Å². The zero-order valence-corrected chi connectivity index (χ0v) is 9.88. The van der Waals surface area contributed by atoms with Crippen LogP contribution in [0.4, 0.5) is 0 Å². The first-order valence-corrected chi connectivity index (χ1v) is 5.31. The monoisotopic (exact) mass is 270 g/mol. The number of hydrogen-bond acceptors (Lipinski definition) is 1. The van der Waals surface area contributed by atoms with Crippen LogP contribution in [0.5, 0.6) is 0 Å². The summed E-state index contributed by atoms with van der Waals surface area (Å²) in [6, 6.07) is 7.90. The Morgan fingerprint density at radius 2 is 1.93 bits per heavy atom. The number of benzene rings is 1. The molecule has 1 aromatic heterocycles. The molecule has 2 nitrogen and oxygen atoms in total. The van der Waals surface area contributed by atoms with Crippen LogP contribution in [0.15, 0.2) is 34.9 Å². The van der Waals surface area contributed by atoms with E-state index in [9.17, 15) is 0 Å². The number of hydrogen-bond donors (Lipinski definition) is 0. The fraction of sp³-hybridized carbons (Fsp3) is 0.100. The van der Waals surface area contributed by atoms with Gasteiger partial charge >= 0.3 is 0 Å². The van der Waals surface area contributed by atoms with E-state index in [1.54, 1.807) is 10.9 Å². The summed E-state index contributed by atoms with van der Waals surface area (Å²) in [5.74, 6) is 0. The smallest absolute Gasteiger partial charge is 0.0819 e. The molecule has 2 aromatic rings. The van der Waals surface area contributed by atoms with Crippen LogP contribution in [0, 0.1) is 6.92 Å². The highest BCUT2D eigenvalue weighted by Gasteiger charge is 2.02. The molecular formula is C10H8BrClN2. The molecule has 0 bridgehead atoms. The Labute approximate surface area is 95.6 Å². The van der Waals surface area contributed by atoms with Crippen LogP contribution in [0.25, 0.3) is 5.69 Å². The summed E-state index contributed by atoms with van der Waals surface area (Å²) in [4.78, 5) is 0. The first kappa shape index (κ1) is 9.74. The van der Waals surface area contributed by atoms with Gasteiger partial charge in [0.2, 0.25) is 0 Å². The van der Waals surface area contributed by atoms with Gasteiger partial charge in [-0.1, -0.05) is 27.5 Å². The minimum atomic E-state index is 0.688. The van der Waals surface area contributed by atoms with Crippen molar-refractivity contribution < 1.29 is 0 Å². The molecule has 0 unspecified atom stereocenters. The predicted molar refractivity (Wildman–Crippen MR) is 61.0 cm³/mol. The van der Waals surface area contributed by atoms with Crippen LogP contribution < -0.4 is 0 Å². The van der Waals surface area contributed by atoms with Crippen LogP contribution in [0.1, 0.15) is 5.69 Å². The van der Waals surface area contributed by atoms with Crippen LogP contribution in [-0.2, 0) is 0 Å². The second-order valence-corrected chi connectivity index (χ2v) is 4.31. The van der Waals surface area contributed by atoms with Crippen LogP contribution in [0.3, 0.4) is 0 Å². The molecule has 14 heavy (non-hydrogen) atoms. The molecule has 0 aliphatic heterocycles. The van der Waals surface area contributed by atoms with E-state index in [1.165, 1.54) is 0 Å². The molecule has 0 amide bonds. The van der Waals surface area contributed by atoms with Gasteiger partial charge in [-0.25, -0.2) is 4.68 Å². The minimum absolute atomic E-state index is 0.688. The first-order valence-electron chi connectivity index (χ1n) is 4.14. The van der Waals surface area contributed by atoms with Gasteiger partial charge in [-0.15, -0.1) is 0 Å². The number of aromatic nitrogens is 2. The van der Waals surface area contributed by atoms with Crippen LogP contribution >= 0.6 is 27.5 Å². The number of aryl methyl sites for hydroxylation is 1. The SMILES string of the molecule is Cc1nn(-c2ccc(Br)cc2)cc1Cl. The van der Waals surface area contributed by atoms with E-state index < -0.39 is 0 Å². The summed E-state index contributed by atoms with van der Waals surface area (Å²) in [7, 11) is 0. The molecule has 1 heterocycles. The minimum Gasteiger partial charge on any atom is -0.239 e. The zero-order valence-electron chi connectivity index (χ0n) is 7.54. The maximum absolute atomic E-state index is 5.92. The molecule has 0 aliphatic carbocycles. The summed E-state index contributed by atoms with van der Waals surface area (Å²) >= 11 is 9.30. The third kappa shape index (κ3) is 1.83. The largest absolute Gasteiger partial charge is 0.239 e. The van der Waals surface area contributed by atoms with Gasteiger partial charge in [-0.3, -0.25) is 0 Å². The number of nitrogens with zero attached hydrogens (tertiary/aromatic N) is 2. The van der Waals surface area contributed by atoms with Crippen molar-refractivity contribution in [3.63, 3.8) is 0 Å². The van der Waals surface area contributed by atoms with E-state index in [0.29, 0.717) is 5.02 Å². The standard InChI is InChI=1S/C10H8BrClN2/c1-7-10(12)6-14(13-7)9-4-2-8(11)3-5-9/h2-6H,1H3. The average molecular weight is 272 g/mol. The van der Waals surface area contributed by atoms with Crippen molar-refractivity contribution in [3.05, 3.63) is 45.7 Å². The van der Waals surface area contributed by atoms with Crippen LogP contribution in [0.2, 0.25) is 5.02 Å². The molecule has 0 fully saturated rings. The van der Waals surface area contributed by atoms with E-state index >= 15 is 0 Å². The van der Waals surface area contributed by atoms with Gasteiger partial charge < -0.3 is 0 Å². The Hall–Kier alpha value is -0.800. The van der Waals surface area contributed by atoms with Crippen molar-refractivity contribution >= 4 is 27.5 Å². The highest BCUT2D eigenvalue weighted by Crippen LogP contribution is 2.18. The van der Waals surface area contributed by atoms with E-state index in [1.807, 2.05) is 31.2 Å². The molecule has 0 N–H and O–H groups in total. The van der Waals surface area contributed by atoms with Gasteiger partial charge in [0.25, 0.3) is 0 Å². The molecule has 0 radical (unpaired) electrons. The second kappa shape index (κ2) is 3.75. The molecule has 4 heteroatoms. The molecule has 0 spiro atoms. The Balaban J connectivity index is 2.44. The van der Waals surface area contributed by atoms with Crippen LogP contribution in [-0.4, -0.2) is 9.78 Å². The summed E-state index contributed by atoms with van der Waals surface area (Å²) in [5, 5.41) is 4.97. The molecular weight excluding hydrogens is 263 g/mol. The molecule has 0 saturated carbocycles. The highest BCUT2D eigenvalue weighted by atomic mass is 79.9. The van der Waals surface area contributed by atoms with Crippen molar-refractivity contribution in [3.8, 4) is 5.69 Å². The summed E-state index contributed by atoms with van der Waals surface area (Å²) in [5.41, 5.74) is 1.85. The molecule has 0 aliphatic rings. The summed E-state index contributed by atoms with van der Waals surface area (Å²) in [6.45, 7) is 1.89. The maximum Gasteiger partial charge on any atom is 0.0819 e. The lowest BCUT2D eigenvalue weighted by Crippen LogP contribution is -1.93. The Bertz CT molecular complexity index is 428. The fourth-order valence-electron chi connectivity index (χ4n) is 1.17. The van der Waals surface area contributed by atoms with E-state index in [0.717, 1.165) is 15.9 Å². The second-order valence-electron chi connectivity index (χ2n) is 2.98. The first-order chi connectivity index (χ1) is 6.66. The number of halogens is 2. The number of rotatable bonds is 1. The van der Waals surface area contributed by atoms with Crippen molar-refractivity contribution in [2.45, 2.75) is 6.92 Å². The zero-order chi connectivity index (χ0) is 10.1. The van der Waals surface area contributed by atoms with Crippen molar-refractivity contribution in [1.29, 1.82) is 0 Å². The Morgan fingerprint density at radius 3 is 2.43 bits per heavy atom. The van der Waals surface area contributed by atoms with E-state index in [-0.39, 0.29) is 0 Å². The topological polar surface area (TPSA) is 17.8 Å². The Morgan fingerprint density at radius 1 is 1.29 bits per heavy atom. The van der Waals surface area contributed by atoms with Gasteiger partial charge in [0, 0.05) is 10.7 Å². The fourth-order valence-corrected chi connectivity index (χ4v) is 1.56. The molecule has 2 rings (SSSR count). The average Bonchev–Trinajstić information content (AvgIpc) is 2.48. The summed E-state index contributed by atoms with van der Waals surface area (Å²) in [6.07, 6.45) is 1.81. The van der Waals surface area contributed by atoms with Crippen molar-refractivity contribution in [1.82, 2.24) is 9.78 Å². The molecule has 0 atom stereocenters. The third-order valence-corrected chi connectivity index (χ3v) is 2.83. The van der Waals surface area contributed by atoms with Gasteiger partial charge in [-0.2, -0.15) is 5.10 Å². The third-order valence-electron chi connectivity index (χ3n) is 1.93. The van der Waals surface area contributed by atoms with Gasteiger partial charge in [0.15, 0.2) is 0 Å². The normalized spacial score (nSPS) is 10.5. The molecule has 72 valence electrons. The maximum atomic E-state index is 5.92.